The molecule has 2 N–H and O–H groups in total. The Balaban J connectivity index is 0.885. The zero-order valence-corrected chi connectivity index (χ0v) is 29.4. The second-order valence-electron chi connectivity index (χ2n) is 14.0. The van der Waals surface area contributed by atoms with Crippen LogP contribution in [0.25, 0.3) is 33.3 Å². The van der Waals surface area contributed by atoms with Gasteiger partial charge in [-0.05, 0) is 67.8 Å². The van der Waals surface area contributed by atoms with Crippen LogP contribution in [0.3, 0.4) is 0 Å². The van der Waals surface area contributed by atoms with Crippen LogP contribution in [0.15, 0.2) is 97.3 Å². The van der Waals surface area contributed by atoms with Gasteiger partial charge in [-0.3, -0.25) is 19.2 Å². The van der Waals surface area contributed by atoms with Gasteiger partial charge in [0, 0.05) is 72.7 Å². The number of nitrogens with one attached hydrogen (secondary N) is 2. The molecule has 2 fully saturated rings. The Bertz CT molecular complexity index is 2370. The number of aromatic nitrogens is 4. The van der Waals surface area contributed by atoms with Crippen LogP contribution in [0, 0.1) is 0 Å². The first-order chi connectivity index (χ1) is 25.6. The average molecular weight is 711 g/mol. The number of fused-ring (bicyclic) bond motifs is 2. The predicted octanol–water partition coefficient (Wildman–Crippen LogP) is 5.73. The molecule has 2 aliphatic heterocycles. The Kier molecular flexibility index (Phi) is 8.71. The predicted molar refractivity (Wildman–Crippen MR) is 199 cm³/mol. The van der Waals surface area contributed by atoms with Crippen LogP contribution in [0.4, 0.5) is 11.6 Å². The number of benzene rings is 2. The minimum absolute atomic E-state index is 0.0444. The lowest BCUT2D eigenvalue weighted by Gasteiger charge is -2.30. The van der Waals surface area contributed by atoms with E-state index in [0.717, 1.165) is 52.8 Å². The molecule has 53 heavy (non-hydrogen) atoms. The van der Waals surface area contributed by atoms with Crippen LogP contribution in [0.1, 0.15) is 53.8 Å². The van der Waals surface area contributed by atoms with Crippen molar-refractivity contribution in [1.82, 2.24) is 29.0 Å². The molecular formula is C40H38N8O5. The summed E-state index contributed by atoms with van der Waals surface area (Å²) >= 11 is 0. The number of hydrogen-bond donors (Lipinski definition) is 2. The van der Waals surface area contributed by atoms with E-state index in [4.69, 9.17) is 4.74 Å². The summed E-state index contributed by atoms with van der Waals surface area (Å²) in [6.45, 7) is 6.34. The molecule has 4 amide bonds. The second-order valence-corrected chi connectivity index (χ2v) is 14.0. The highest BCUT2D eigenvalue weighted by molar-refractivity contribution is 5.98. The molecule has 0 spiro atoms. The maximum absolute atomic E-state index is 13.1. The van der Waals surface area contributed by atoms with Crippen molar-refractivity contribution in [3.63, 3.8) is 0 Å². The molecule has 0 radical (unpaired) electrons. The number of hydrogen-bond acceptors (Lipinski definition) is 7. The van der Waals surface area contributed by atoms with Crippen LogP contribution in [0.5, 0.6) is 0 Å². The van der Waals surface area contributed by atoms with Gasteiger partial charge in [0.05, 0.1) is 23.2 Å². The summed E-state index contributed by atoms with van der Waals surface area (Å²) in [6, 6.07) is 26.2. The quantitative estimate of drug-likeness (QED) is 0.195. The minimum Gasteiger partial charge on any atom is -0.359 e. The van der Waals surface area contributed by atoms with E-state index in [2.05, 4.69) is 20.8 Å². The molecular weight excluding hydrogens is 672 g/mol. The number of nitrogens with zero attached hydrogens (tertiary/aromatic N) is 6. The van der Waals surface area contributed by atoms with Crippen molar-refractivity contribution < 1.29 is 23.9 Å². The van der Waals surface area contributed by atoms with Crippen molar-refractivity contribution in [2.45, 2.75) is 38.6 Å². The third-order valence-electron chi connectivity index (χ3n) is 9.80. The van der Waals surface area contributed by atoms with Gasteiger partial charge in [-0.2, -0.15) is 10.2 Å². The van der Waals surface area contributed by atoms with E-state index < -0.39 is 0 Å². The van der Waals surface area contributed by atoms with Crippen LogP contribution in [-0.4, -0.2) is 84.6 Å². The number of ether oxygens (including phenoxy) is 1. The molecule has 8 rings (SSSR count). The first-order valence-electron chi connectivity index (χ1n) is 17.6. The molecule has 268 valence electrons. The summed E-state index contributed by atoms with van der Waals surface area (Å²) in [5, 5.41) is 14.6. The summed E-state index contributed by atoms with van der Waals surface area (Å²) in [5.74, 6) is -0.0112. The monoisotopic (exact) mass is 710 g/mol. The number of anilines is 2. The van der Waals surface area contributed by atoms with Crippen molar-refractivity contribution in [3.05, 3.63) is 108 Å². The van der Waals surface area contributed by atoms with Crippen LogP contribution in [-0.2, 0) is 14.3 Å². The molecule has 0 atom stereocenters. The maximum atomic E-state index is 13.1. The molecule has 2 aromatic carbocycles. The summed E-state index contributed by atoms with van der Waals surface area (Å²) < 4.78 is 8.88. The van der Waals surface area contributed by atoms with Gasteiger partial charge in [-0.15, -0.1) is 0 Å². The number of pyridine rings is 2. The molecule has 0 bridgehead atoms. The van der Waals surface area contributed by atoms with Gasteiger partial charge in [0.1, 0.15) is 6.73 Å². The first kappa shape index (κ1) is 33.8. The van der Waals surface area contributed by atoms with Crippen LogP contribution < -0.4 is 10.6 Å². The molecule has 13 nitrogen and oxygen atoms in total. The van der Waals surface area contributed by atoms with E-state index in [1.165, 1.54) is 0 Å². The van der Waals surface area contributed by atoms with E-state index in [-0.39, 0.29) is 48.7 Å². The molecule has 2 aliphatic rings. The van der Waals surface area contributed by atoms with Crippen molar-refractivity contribution in [2.24, 2.45) is 0 Å². The largest absolute Gasteiger partial charge is 0.359 e. The summed E-state index contributed by atoms with van der Waals surface area (Å²) in [4.78, 5) is 55.0. The van der Waals surface area contributed by atoms with Crippen molar-refractivity contribution in [3.8, 4) is 22.3 Å². The van der Waals surface area contributed by atoms with Crippen LogP contribution >= 0.6 is 0 Å². The van der Waals surface area contributed by atoms with E-state index in [1.807, 2.05) is 91.5 Å². The van der Waals surface area contributed by atoms with E-state index in [9.17, 15) is 19.2 Å². The van der Waals surface area contributed by atoms with Gasteiger partial charge in [-0.25, -0.2) is 9.03 Å². The lowest BCUT2D eigenvalue weighted by atomic mass is 10.0. The topological polar surface area (TPSA) is 143 Å². The average Bonchev–Trinajstić information content (AvgIpc) is 3.84. The van der Waals surface area contributed by atoms with Gasteiger partial charge in [0.2, 0.25) is 11.8 Å². The number of likely N-dealkylation sites (tertiary alicyclic amines) is 1. The van der Waals surface area contributed by atoms with E-state index >= 15 is 0 Å². The molecule has 6 heterocycles. The smallest absolute Gasteiger partial charge is 0.256 e. The van der Waals surface area contributed by atoms with Gasteiger partial charge >= 0.3 is 0 Å². The Labute approximate surface area is 305 Å². The van der Waals surface area contributed by atoms with E-state index in [0.29, 0.717) is 29.4 Å². The fraction of sp³-hybridized carbons (Fsp3) is 0.250. The second kappa shape index (κ2) is 13.7. The van der Waals surface area contributed by atoms with E-state index in [1.54, 1.807) is 38.5 Å². The Morgan fingerprint density at radius 2 is 1.19 bits per heavy atom. The minimum atomic E-state index is -0.365. The molecule has 0 unspecified atom stereocenters. The lowest BCUT2D eigenvalue weighted by molar-refractivity contribution is -0.121. The highest BCUT2D eigenvalue weighted by Gasteiger charge is 2.37. The highest BCUT2D eigenvalue weighted by Crippen LogP contribution is 2.30. The fourth-order valence-corrected chi connectivity index (χ4v) is 6.69. The molecule has 6 aromatic rings. The van der Waals surface area contributed by atoms with Gasteiger partial charge in [0.25, 0.3) is 11.8 Å². The van der Waals surface area contributed by atoms with Gasteiger partial charge in [0.15, 0.2) is 11.6 Å². The normalized spacial score (nSPS) is 15.1. The Morgan fingerprint density at radius 1 is 0.698 bits per heavy atom. The molecule has 2 saturated heterocycles. The standard InChI is InChI=1S/C40H38N8O5/c1-40(2)24-53-25-46(40)39(52)29-14-10-27(11-15-29)31-7-4-21-48-33(31)23-35(44-48)42-37(50)17-16-36(49)41-34-22-32-30(6-3-20-47(32)43-34)26-8-12-28(13-9-26)38(51)45-18-5-19-45/h3-4,6-15,20-23H,5,16-19,24-25H2,1-2H3,(H,41,43,49)(H,42,44,50). The van der Waals surface area contributed by atoms with Crippen molar-refractivity contribution >= 4 is 46.3 Å². The van der Waals surface area contributed by atoms with Crippen molar-refractivity contribution in [1.29, 1.82) is 0 Å². The lowest BCUT2D eigenvalue weighted by Crippen LogP contribution is -2.44. The SMILES string of the molecule is CC1(C)COCN1C(=O)c1ccc(-c2cccn3nc(NC(=O)CCC(=O)Nc4cc5c(-c6ccc(C(=O)N7CCC7)cc6)cccn5n4)cc23)cc1. The molecule has 4 aromatic heterocycles. The summed E-state index contributed by atoms with van der Waals surface area (Å²) in [5.41, 5.74) is 6.04. The first-order valence-corrected chi connectivity index (χ1v) is 17.6. The number of carbonyl (C=O) groups is 4. The van der Waals surface area contributed by atoms with Crippen molar-refractivity contribution in [2.75, 3.05) is 37.1 Å². The Morgan fingerprint density at radius 3 is 1.62 bits per heavy atom. The third-order valence-corrected chi connectivity index (χ3v) is 9.80. The zero-order valence-electron chi connectivity index (χ0n) is 29.4. The number of rotatable bonds is 9. The van der Waals surface area contributed by atoms with Crippen LogP contribution in [0.2, 0.25) is 0 Å². The third kappa shape index (κ3) is 6.74. The highest BCUT2D eigenvalue weighted by atomic mass is 16.5. The fourth-order valence-electron chi connectivity index (χ4n) is 6.69. The number of carbonyl (C=O) groups excluding carboxylic acids is 4. The number of amides is 4. The maximum Gasteiger partial charge on any atom is 0.256 e. The van der Waals surface area contributed by atoms with Gasteiger partial charge in [-0.1, -0.05) is 36.4 Å². The van der Waals surface area contributed by atoms with Gasteiger partial charge < -0.3 is 25.2 Å². The molecule has 0 saturated carbocycles. The summed E-state index contributed by atoms with van der Waals surface area (Å²) in [7, 11) is 0. The molecule has 0 aliphatic carbocycles. The summed E-state index contributed by atoms with van der Waals surface area (Å²) in [6.07, 6.45) is 4.53. The zero-order chi connectivity index (χ0) is 36.7. The Hall–Kier alpha value is -6.34. The molecule has 13 heteroatoms.